The average Bonchev–Trinajstić information content (AvgIpc) is 2.85. The minimum atomic E-state index is -4.77. The number of rotatable bonds is 5. The molecule has 3 aromatic rings. The number of amides is 1. The third kappa shape index (κ3) is 4.87. The summed E-state index contributed by atoms with van der Waals surface area (Å²) >= 11 is 0. The minimum absolute atomic E-state index is 0.0196. The molecule has 0 saturated carbocycles. The van der Waals surface area contributed by atoms with Crippen molar-refractivity contribution < 1.29 is 35.9 Å². The van der Waals surface area contributed by atoms with Gasteiger partial charge < -0.3 is 19.9 Å². The maximum absolute atomic E-state index is 13.7. The Morgan fingerprint density at radius 1 is 1.05 bits per heavy atom. The molecule has 2 aliphatic rings. The van der Waals surface area contributed by atoms with Crippen LogP contribution in [0.15, 0.2) is 36.7 Å². The van der Waals surface area contributed by atoms with Gasteiger partial charge in [0.2, 0.25) is 17.9 Å². The molecule has 0 spiro atoms. The smallest absolute Gasteiger partial charge is 0.433 e. The molecule has 1 amide bonds. The summed E-state index contributed by atoms with van der Waals surface area (Å²) < 4.78 is 84.3. The molecule has 1 atom stereocenters. The summed E-state index contributed by atoms with van der Waals surface area (Å²) in [6.45, 7) is 0.334. The van der Waals surface area contributed by atoms with E-state index in [0.717, 1.165) is 28.1 Å². The molecule has 0 saturated heterocycles. The molecule has 200 valence electrons. The standard InChI is InChI=1S/C23H19F6N7O2/c1-35-18(23(27,28)29)20(37)36-8-2-3-14-17(36)19(35)34-21(33-14)32-10-12-4-7-16(31-9-12)38-13-5-6-15(30-11-13)22(24,25)26/h4-7,9,11,18H,2-3,8,10H2,1H3,(H,32,33,34)/t18-/m1/s1. The first-order valence-electron chi connectivity index (χ1n) is 11.3. The van der Waals surface area contributed by atoms with Gasteiger partial charge in [-0.2, -0.15) is 31.3 Å². The highest BCUT2D eigenvalue weighted by Gasteiger charge is 2.54. The summed E-state index contributed by atoms with van der Waals surface area (Å²) in [5, 5.41) is 2.97. The Morgan fingerprint density at radius 3 is 2.47 bits per heavy atom. The summed E-state index contributed by atoms with van der Waals surface area (Å²) in [5.74, 6) is -0.737. The van der Waals surface area contributed by atoms with Gasteiger partial charge in [0.15, 0.2) is 5.82 Å². The highest BCUT2D eigenvalue weighted by atomic mass is 19.4. The van der Waals surface area contributed by atoms with E-state index >= 15 is 0 Å². The van der Waals surface area contributed by atoms with E-state index < -0.39 is 30.0 Å². The molecule has 9 nitrogen and oxygen atoms in total. The molecule has 2 aliphatic heterocycles. The van der Waals surface area contributed by atoms with E-state index in [1.807, 2.05) is 0 Å². The predicted molar refractivity (Wildman–Crippen MR) is 122 cm³/mol. The number of nitrogens with one attached hydrogen (secondary N) is 1. The molecular formula is C23H19F6N7O2. The molecule has 0 aromatic carbocycles. The van der Waals surface area contributed by atoms with Gasteiger partial charge >= 0.3 is 12.4 Å². The lowest BCUT2D eigenvalue weighted by Gasteiger charge is -2.43. The monoisotopic (exact) mass is 539 g/mol. The zero-order valence-electron chi connectivity index (χ0n) is 19.6. The van der Waals surface area contributed by atoms with E-state index in [-0.39, 0.29) is 36.5 Å². The number of carbonyl (C=O) groups is 1. The number of likely N-dealkylation sites (N-methyl/N-ethyl adjacent to an activating group) is 1. The maximum Gasteiger partial charge on any atom is 0.433 e. The summed E-state index contributed by atoms with van der Waals surface area (Å²) in [4.78, 5) is 30.7. The van der Waals surface area contributed by atoms with Crippen molar-refractivity contribution in [1.29, 1.82) is 0 Å². The van der Waals surface area contributed by atoms with Crippen molar-refractivity contribution in [1.82, 2.24) is 19.9 Å². The summed E-state index contributed by atoms with van der Waals surface area (Å²) in [5.41, 5.74) is 0.390. The van der Waals surface area contributed by atoms with Crippen molar-refractivity contribution in [2.75, 3.05) is 28.7 Å². The zero-order chi connectivity index (χ0) is 27.2. The van der Waals surface area contributed by atoms with Gasteiger partial charge in [-0.25, -0.2) is 15.0 Å². The van der Waals surface area contributed by atoms with Crippen LogP contribution in [-0.4, -0.2) is 51.7 Å². The van der Waals surface area contributed by atoms with Crippen LogP contribution in [0.2, 0.25) is 0 Å². The Bertz CT molecular complexity index is 1350. The van der Waals surface area contributed by atoms with Crippen LogP contribution in [0.1, 0.15) is 23.4 Å². The molecule has 15 heteroatoms. The molecule has 0 unspecified atom stereocenters. The van der Waals surface area contributed by atoms with Gasteiger partial charge in [-0.15, -0.1) is 0 Å². The van der Waals surface area contributed by atoms with E-state index in [1.54, 1.807) is 6.07 Å². The number of ether oxygens (including phenoxy) is 1. The predicted octanol–water partition coefficient (Wildman–Crippen LogP) is 4.35. The lowest BCUT2D eigenvalue weighted by atomic mass is 10.0. The van der Waals surface area contributed by atoms with Gasteiger partial charge in [-0.1, -0.05) is 6.07 Å². The van der Waals surface area contributed by atoms with Crippen LogP contribution in [0.3, 0.4) is 0 Å². The number of pyridine rings is 2. The van der Waals surface area contributed by atoms with Crippen molar-refractivity contribution in [3.8, 4) is 11.6 Å². The Balaban J connectivity index is 1.29. The fourth-order valence-electron chi connectivity index (χ4n) is 4.28. The summed E-state index contributed by atoms with van der Waals surface area (Å²) in [6.07, 6.45) is -5.98. The summed E-state index contributed by atoms with van der Waals surface area (Å²) in [6, 6.07) is 2.73. The number of carbonyl (C=O) groups excluding carboxylic acids is 1. The van der Waals surface area contributed by atoms with Gasteiger partial charge in [0.05, 0.1) is 11.9 Å². The minimum Gasteiger partial charge on any atom is -0.437 e. The lowest BCUT2D eigenvalue weighted by Crippen LogP contribution is -2.60. The molecule has 3 aromatic heterocycles. The fourth-order valence-corrected chi connectivity index (χ4v) is 4.28. The third-order valence-corrected chi connectivity index (χ3v) is 6.03. The fraction of sp³-hybridized carbons (Fsp3) is 0.348. The van der Waals surface area contributed by atoms with Crippen LogP contribution >= 0.6 is 0 Å². The van der Waals surface area contributed by atoms with Gasteiger partial charge in [0.25, 0.3) is 5.91 Å². The first-order valence-corrected chi connectivity index (χ1v) is 11.3. The molecular weight excluding hydrogens is 520 g/mol. The van der Waals surface area contributed by atoms with E-state index in [4.69, 9.17) is 4.74 Å². The topological polar surface area (TPSA) is 96.4 Å². The Morgan fingerprint density at radius 2 is 1.84 bits per heavy atom. The lowest BCUT2D eigenvalue weighted by molar-refractivity contribution is -0.162. The highest BCUT2D eigenvalue weighted by molar-refractivity contribution is 6.06. The number of halogens is 6. The normalized spacial score (nSPS) is 17.3. The second-order valence-electron chi connectivity index (χ2n) is 8.65. The van der Waals surface area contributed by atoms with E-state index in [0.29, 0.717) is 29.8 Å². The molecule has 0 radical (unpaired) electrons. The number of hydrogen-bond donors (Lipinski definition) is 1. The quantitative estimate of drug-likeness (QED) is 0.479. The van der Waals surface area contributed by atoms with Crippen molar-refractivity contribution in [2.45, 2.75) is 37.8 Å². The number of aromatic nitrogens is 4. The average molecular weight is 539 g/mol. The molecule has 0 fully saturated rings. The molecule has 38 heavy (non-hydrogen) atoms. The van der Waals surface area contributed by atoms with E-state index in [1.165, 1.54) is 19.3 Å². The van der Waals surface area contributed by atoms with Crippen molar-refractivity contribution in [3.63, 3.8) is 0 Å². The first-order chi connectivity index (χ1) is 17.9. The summed E-state index contributed by atoms with van der Waals surface area (Å²) in [7, 11) is 1.18. The second kappa shape index (κ2) is 9.29. The Kier molecular flexibility index (Phi) is 6.23. The van der Waals surface area contributed by atoms with Crippen LogP contribution in [0.5, 0.6) is 11.6 Å². The van der Waals surface area contributed by atoms with Crippen molar-refractivity contribution in [2.24, 2.45) is 0 Å². The maximum atomic E-state index is 13.7. The Labute approximate surface area is 211 Å². The molecule has 0 aliphatic carbocycles. The number of aryl methyl sites for hydroxylation is 1. The van der Waals surface area contributed by atoms with Gasteiger partial charge in [-0.3, -0.25) is 4.79 Å². The van der Waals surface area contributed by atoms with Crippen LogP contribution in [0.25, 0.3) is 0 Å². The van der Waals surface area contributed by atoms with E-state index in [9.17, 15) is 31.1 Å². The second-order valence-corrected chi connectivity index (χ2v) is 8.65. The molecule has 1 N–H and O–H groups in total. The van der Waals surface area contributed by atoms with Crippen LogP contribution in [-0.2, 0) is 23.9 Å². The van der Waals surface area contributed by atoms with Crippen molar-refractivity contribution >= 4 is 23.4 Å². The Hall–Kier alpha value is -4.17. The number of anilines is 3. The SMILES string of the molecule is CN1c2nc(NCc3ccc(Oc4ccc(C(F)(F)F)nc4)nc3)nc3c2N(CCC3)C(=O)[C@@H]1C(F)(F)F. The van der Waals surface area contributed by atoms with Crippen LogP contribution in [0, 0.1) is 0 Å². The highest BCUT2D eigenvalue weighted by Crippen LogP contribution is 2.43. The largest absolute Gasteiger partial charge is 0.437 e. The number of alkyl halides is 6. The van der Waals surface area contributed by atoms with Gasteiger partial charge in [0, 0.05) is 32.4 Å². The van der Waals surface area contributed by atoms with Crippen LogP contribution < -0.4 is 19.9 Å². The number of hydrogen-bond acceptors (Lipinski definition) is 8. The number of nitrogens with zero attached hydrogens (tertiary/aromatic N) is 6. The van der Waals surface area contributed by atoms with Gasteiger partial charge in [0.1, 0.15) is 17.1 Å². The van der Waals surface area contributed by atoms with Gasteiger partial charge in [-0.05, 0) is 30.5 Å². The van der Waals surface area contributed by atoms with Crippen LogP contribution in [0.4, 0.5) is 43.8 Å². The molecule has 5 rings (SSSR count). The van der Waals surface area contributed by atoms with E-state index in [2.05, 4.69) is 25.3 Å². The first kappa shape index (κ1) is 25.5. The molecule has 0 bridgehead atoms. The van der Waals surface area contributed by atoms with Crippen molar-refractivity contribution in [3.05, 3.63) is 53.6 Å². The molecule has 5 heterocycles. The third-order valence-electron chi connectivity index (χ3n) is 6.03. The zero-order valence-corrected chi connectivity index (χ0v) is 19.6.